The van der Waals surface area contributed by atoms with Crippen molar-refractivity contribution in [2.24, 2.45) is 5.73 Å². The Morgan fingerprint density at radius 2 is 2.18 bits per heavy atom. The van der Waals surface area contributed by atoms with Crippen molar-refractivity contribution in [3.63, 3.8) is 0 Å². The van der Waals surface area contributed by atoms with Crippen LogP contribution in [0, 0.1) is 0 Å². The molecule has 0 aliphatic carbocycles. The van der Waals surface area contributed by atoms with Crippen LogP contribution < -0.4 is 10.5 Å². The molecule has 0 aliphatic rings. The lowest BCUT2D eigenvalue weighted by Crippen LogP contribution is -2.21. The first-order valence-electron chi connectivity index (χ1n) is 7.78. The average Bonchev–Trinajstić information content (AvgIpc) is 2.48. The minimum atomic E-state index is -0.449. The fourth-order valence-electron chi connectivity index (χ4n) is 2.23. The number of hydrogen-bond acceptors (Lipinski definition) is 5. The lowest BCUT2D eigenvalue weighted by Gasteiger charge is -2.14. The number of ether oxygens (including phenoxy) is 2. The number of rotatable bonds is 11. The average molecular weight is 307 g/mol. The highest BCUT2D eigenvalue weighted by Gasteiger charge is 2.16. The number of hydrogen-bond donors (Lipinski definition) is 1. The van der Waals surface area contributed by atoms with Crippen molar-refractivity contribution in [1.29, 1.82) is 0 Å². The van der Waals surface area contributed by atoms with Gasteiger partial charge in [0.1, 0.15) is 11.9 Å². The predicted octanol–water partition coefficient (Wildman–Crippen LogP) is 2.61. The Morgan fingerprint density at radius 1 is 1.36 bits per heavy atom. The number of esters is 1. The highest BCUT2D eigenvalue weighted by Crippen LogP contribution is 2.16. The zero-order chi connectivity index (χ0) is 16.2. The summed E-state index contributed by atoms with van der Waals surface area (Å²) in [6.45, 7) is 3.06. The molecule has 1 aromatic rings. The molecule has 0 bridgehead atoms. The summed E-state index contributed by atoms with van der Waals surface area (Å²) in [5.41, 5.74) is 6.56. The lowest BCUT2D eigenvalue weighted by atomic mass is 10.1. The van der Waals surface area contributed by atoms with Gasteiger partial charge < -0.3 is 15.2 Å². The first-order valence-corrected chi connectivity index (χ1v) is 7.78. The van der Waals surface area contributed by atoms with Crippen LogP contribution in [-0.4, -0.2) is 25.1 Å². The summed E-state index contributed by atoms with van der Waals surface area (Å²) >= 11 is 0. The number of nitrogens with two attached hydrogens (primary N) is 1. The van der Waals surface area contributed by atoms with Crippen LogP contribution in [0.4, 0.5) is 0 Å². The summed E-state index contributed by atoms with van der Waals surface area (Å²) in [5.74, 6) is 0.135. The van der Waals surface area contributed by atoms with Crippen LogP contribution >= 0.6 is 0 Å². The standard InChI is InChI=1S/C17H25NO4/c1-2-6-14-7-5-9-16(11-14)22-17(20)12-15(21-13-19)8-3-4-10-18/h5,7,9,11,13,15H,2-4,6,8,10,12,18H2,1H3. The van der Waals surface area contributed by atoms with Gasteiger partial charge in [0.2, 0.25) is 0 Å². The van der Waals surface area contributed by atoms with Crippen molar-refractivity contribution in [2.45, 2.75) is 51.6 Å². The largest absolute Gasteiger partial charge is 0.464 e. The lowest BCUT2D eigenvalue weighted by molar-refractivity contribution is -0.142. The van der Waals surface area contributed by atoms with E-state index < -0.39 is 12.1 Å². The van der Waals surface area contributed by atoms with Gasteiger partial charge in [0.05, 0.1) is 6.42 Å². The zero-order valence-corrected chi connectivity index (χ0v) is 13.1. The van der Waals surface area contributed by atoms with Gasteiger partial charge in [0.25, 0.3) is 6.47 Å². The Morgan fingerprint density at radius 3 is 2.86 bits per heavy atom. The second-order valence-electron chi connectivity index (χ2n) is 5.21. The smallest absolute Gasteiger partial charge is 0.314 e. The topological polar surface area (TPSA) is 78.6 Å². The SMILES string of the molecule is CCCc1cccc(OC(=O)CC(CCCCN)OC=O)c1. The maximum atomic E-state index is 12.0. The molecule has 0 spiro atoms. The van der Waals surface area contributed by atoms with E-state index in [9.17, 15) is 9.59 Å². The third-order valence-electron chi connectivity index (χ3n) is 3.29. The van der Waals surface area contributed by atoms with E-state index in [1.165, 1.54) is 0 Å². The minimum absolute atomic E-state index is 0.0569. The van der Waals surface area contributed by atoms with Gasteiger partial charge in [-0.3, -0.25) is 9.59 Å². The Labute approximate surface area is 131 Å². The molecule has 0 aliphatic heterocycles. The van der Waals surface area contributed by atoms with Crippen molar-refractivity contribution in [2.75, 3.05) is 6.54 Å². The molecule has 5 heteroatoms. The normalized spacial score (nSPS) is 11.7. The quantitative estimate of drug-likeness (QED) is 0.294. The third-order valence-corrected chi connectivity index (χ3v) is 3.29. The van der Waals surface area contributed by atoms with Gasteiger partial charge in [-0.25, -0.2) is 0 Å². The molecule has 1 aromatic carbocycles. The van der Waals surface area contributed by atoms with Crippen LogP contribution in [0.3, 0.4) is 0 Å². The van der Waals surface area contributed by atoms with Gasteiger partial charge >= 0.3 is 5.97 Å². The van der Waals surface area contributed by atoms with E-state index in [0.717, 1.165) is 31.2 Å². The van der Waals surface area contributed by atoms with Crippen LogP contribution in [0.5, 0.6) is 5.75 Å². The van der Waals surface area contributed by atoms with Crippen molar-refractivity contribution in [3.8, 4) is 5.75 Å². The van der Waals surface area contributed by atoms with Gasteiger partial charge in [-0.2, -0.15) is 0 Å². The first kappa shape index (κ1) is 18.2. The minimum Gasteiger partial charge on any atom is -0.464 e. The van der Waals surface area contributed by atoms with Gasteiger partial charge in [0, 0.05) is 0 Å². The number of carbonyl (C=O) groups excluding carboxylic acids is 2. The fourth-order valence-corrected chi connectivity index (χ4v) is 2.23. The highest BCUT2D eigenvalue weighted by atomic mass is 16.5. The van der Waals surface area contributed by atoms with Crippen LogP contribution in [-0.2, 0) is 20.7 Å². The molecule has 0 fully saturated rings. The van der Waals surface area contributed by atoms with Gasteiger partial charge in [-0.15, -0.1) is 0 Å². The van der Waals surface area contributed by atoms with Crippen LogP contribution in [0.2, 0.25) is 0 Å². The maximum absolute atomic E-state index is 12.0. The number of carbonyl (C=O) groups is 2. The summed E-state index contributed by atoms with van der Waals surface area (Å²) in [6.07, 6.45) is 3.86. The second-order valence-corrected chi connectivity index (χ2v) is 5.21. The van der Waals surface area contributed by atoms with Crippen LogP contribution in [0.15, 0.2) is 24.3 Å². The molecule has 1 unspecified atom stereocenters. The van der Waals surface area contributed by atoms with Crippen LogP contribution in [0.1, 0.15) is 44.6 Å². The third kappa shape index (κ3) is 7.22. The van der Waals surface area contributed by atoms with E-state index in [4.69, 9.17) is 15.2 Å². The van der Waals surface area contributed by atoms with Crippen molar-refractivity contribution < 1.29 is 19.1 Å². The second kappa shape index (κ2) is 10.8. The summed E-state index contributed by atoms with van der Waals surface area (Å²) in [5, 5.41) is 0. The van der Waals surface area contributed by atoms with E-state index in [-0.39, 0.29) is 6.42 Å². The van der Waals surface area contributed by atoms with E-state index >= 15 is 0 Å². The van der Waals surface area contributed by atoms with E-state index in [1.54, 1.807) is 6.07 Å². The highest BCUT2D eigenvalue weighted by molar-refractivity contribution is 5.73. The molecular formula is C17H25NO4. The molecule has 22 heavy (non-hydrogen) atoms. The number of aryl methyl sites for hydroxylation is 1. The van der Waals surface area contributed by atoms with Crippen molar-refractivity contribution in [3.05, 3.63) is 29.8 Å². The first-order chi connectivity index (χ1) is 10.7. The van der Waals surface area contributed by atoms with E-state index in [2.05, 4.69) is 6.92 Å². The maximum Gasteiger partial charge on any atom is 0.314 e. The van der Waals surface area contributed by atoms with Gasteiger partial charge in [-0.1, -0.05) is 25.5 Å². The summed E-state index contributed by atoms with van der Waals surface area (Å²) in [6, 6.07) is 7.49. The number of unbranched alkanes of at least 4 members (excludes halogenated alkanes) is 1. The van der Waals surface area contributed by atoms with E-state index in [1.807, 2.05) is 18.2 Å². The molecule has 0 aromatic heterocycles. The molecule has 0 saturated heterocycles. The van der Waals surface area contributed by atoms with Crippen molar-refractivity contribution >= 4 is 12.4 Å². The predicted molar refractivity (Wildman–Crippen MR) is 84.5 cm³/mol. The molecule has 1 rings (SSSR count). The van der Waals surface area contributed by atoms with Crippen molar-refractivity contribution in [1.82, 2.24) is 0 Å². The van der Waals surface area contributed by atoms with Gasteiger partial charge in [-0.05, 0) is 49.9 Å². The summed E-state index contributed by atoms with van der Waals surface area (Å²) < 4.78 is 10.3. The zero-order valence-electron chi connectivity index (χ0n) is 13.1. The van der Waals surface area contributed by atoms with Gasteiger partial charge in [0.15, 0.2) is 0 Å². The Bertz CT molecular complexity index is 462. The monoisotopic (exact) mass is 307 g/mol. The molecule has 122 valence electrons. The molecule has 2 N–H and O–H groups in total. The molecule has 1 atom stereocenters. The van der Waals surface area contributed by atoms with Crippen LogP contribution in [0.25, 0.3) is 0 Å². The molecule has 0 radical (unpaired) electrons. The molecule has 0 saturated carbocycles. The summed E-state index contributed by atoms with van der Waals surface area (Å²) in [4.78, 5) is 22.5. The Kier molecular flexibility index (Phi) is 8.91. The molecule has 0 amide bonds. The summed E-state index contributed by atoms with van der Waals surface area (Å²) in [7, 11) is 0. The Balaban J connectivity index is 2.51. The number of benzene rings is 1. The molecular weight excluding hydrogens is 282 g/mol. The molecule has 5 nitrogen and oxygen atoms in total. The fraction of sp³-hybridized carbons (Fsp3) is 0.529. The Hall–Kier alpha value is -1.88. The van der Waals surface area contributed by atoms with E-state index in [0.29, 0.717) is 25.2 Å². The molecule has 0 heterocycles.